The van der Waals surface area contributed by atoms with Crippen LogP contribution in [0.25, 0.3) is 11.1 Å². The van der Waals surface area contributed by atoms with Crippen LogP contribution in [0.4, 0.5) is 9.18 Å². The molecule has 0 heterocycles. The van der Waals surface area contributed by atoms with Crippen molar-refractivity contribution in [3.05, 3.63) is 52.8 Å². The lowest BCUT2D eigenvalue weighted by Crippen LogP contribution is -2.25. The molecule has 0 radical (unpaired) electrons. The lowest BCUT2D eigenvalue weighted by atomic mass is 9.87. The Morgan fingerprint density at radius 2 is 1.93 bits per heavy atom. The van der Waals surface area contributed by atoms with Crippen LogP contribution < -0.4 is 10.5 Å². The number of carbonyl (C=O) groups is 1. The van der Waals surface area contributed by atoms with Gasteiger partial charge in [0.1, 0.15) is 17.7 Å². The Morgan fingerprint density at radius 1 is 1.22 bits per heavy atom. The van der Waals surface area contributed by atoms with E-state index in [1.54, 1.807) is 0 Å². The standard InChI is InChI=1S/C22H26FNO3/c1-12(2)26-15-6-7-16(13(3)8-15)18-9-14-11-22(4,5)20(27-21(24)25)17(14)10-19(18)23/h6-10,12,20H,11H2,1-5H3,(H2,24,25)/t20-/m0/s1. The van der Waals surface area contributed by atoms with Gasteiger partial charge in [0.15, 0.2) is 0 Å². The molecule has 0 aliphatic heterocycles. The van der Waals surface area contributed by atoms with Gasteiger partial charge in [0.25, 0.3) is 0 Å². The Kier molecular flexibility index (Phi) is 4.89. The van der Waals surface area contributed by atoms with Crippen molar-refractivity contribution in [1.29, 1.82) is 0 Å². The average Bonchev–Trinajstić information content (AvgIpc) is 2.76. The Labute approximate surface area is 159 Å². The topological polar surface area (TPSA) is 61.6 Å². The summed E-state index contributed by atoms with van der Waals surface area (Å²) in [5.74, 6) is 0.425. The Morgan fingerprint density at radius 3 is 2.52 bits per heavy atom. The van der Waals surface area contributed by atoms with Gasteiger partial charge >= 0.3 is 6.09 Å². The van der Waals surface area contributed by atoms with E-state index in [-0.39, 0.29) is 17.3 Å². The number of hydrogen-bond donors (Lipinski definition) is 1. The second-order valence-corrected chi connectivity index (χ2v) is 8.16. The number of nitrogens with two attached hydrogens (primary N) is 1. The van der Waals surface area contributed by atoms with E-state index in [4.69, 9.17) is 15.2 Å². The van der Waals surface area contributed by atoms with E-state index in [9.17, 15) is 9.18 Å². The zero-order valence-corrected chi connectivity index (χ0v) is 16.4. The van der Waals surface area contributed by atoms with Crippen molar-refractivity contribution in [2.75, 3.05) is 0 Å². The first-order chi connectivity index (χ1) is 12.6. The number of carbonyl (C=O) groups excluding carboxylic acids is 1. The lowest BCUT2D eigenvalue weighted by molar-refractivity contribution is 0.0391. The molecule has 0 bridgehead atoms. The molecule has 1 atom stereocenters. The van der Waals surface area contributed by atoms with E-state index in [1.807, 2.05) is 58.9 Å². The fourth-order valence-corrected chi connectivity index (χ4v) is 3.86. The summed E-state index contributed by atoms with van der Waals surface area (Å²) in [6, 6.07) is 9.01. The molecule has 5 heteroatoms. The van der Waals surface area contributed by atoms with Crippen LogP contribution in [0.15, 0.2) is 30.3 Å². The molecule has 0 saturated carbocycles. The van der Waals surface area contributed by atoms with Crippen LogP contribution in [0, 0.1) is 18.2 Å². The van der Waals surface area contributed by atoms with Gasteiger partial charge < -0.3 is 15.2 Å². The molecular weight excluding hydrogens is 345 g/mol. The minimum atomic E-state index is -0.845. The number of hydrogen-bond acceptors (Lipinski definition) is 3. The molecule has 0 unspecified atom stereocenters. The highest BCUT2D eigenvalue weighted by Crippen LogP contribution is 2.49. The molecule has 2 aromatic carbocycles. The van der Waals surface area contributed by atoms with Gasteiger partial charge in [-0.3, -0.25) is 0 Å². The Bertz CT molecular complexity index is 889. The number of aryl methyl sites for hydroxylation is 1. The molecule has 27 heavy (non-hydrogen) atoms. The number of ether oxygens (including phenoxy) is 2. The lowest BCUT2D eigenvalue weighted by Gasteiger charge is -2.26. The summed E-state index contributed by atoms with van der Waals surface area (Å²) in [4.78, 5) is 11.3. The molecule has 1 aliphatic rings. The number of fused-ring (bicyclic) bond motifs is 1. The molecule has 1 aliphatic carbocycles. The van der Waals surface area contributed by atoms with Gasteiger partial charge in [0, 0.05) is 11.0 Å². The third kappa shape index (κ3) is 3.77. The average molecular weight is 371 g/mol. The van der Waals surface area contributed by atoms with Gasteiger partial charge in [0.05, 0.1) is 6.10 Å². The molecule has 0 saturated heterocycles. The van der Waals surface area contributed by atoms with E-state index >= 15 is 0 Å². The minimum absolute atomic E-state index is 0.0800. The molecular formula is C22H26FNO3. The first-order valence-corrected chi connectivity index (χ1v) is 9.14. The number of rotatable bonds is 4. The first kappa shape index (κ1) is 19.2. The number of benzene rings is 2. The predicted octanol–water partition coefficient (Wildman–Crippen LogP) is 5.31. The van der Waals surface area contributed by atoms with Crippen LogP contribution in [-0.2, 0) is 11.2 Å². The number of primary amides is 1. The Hall–Kier alpha value is -2.56. The summed E-state index contributed by atoms with van der Waals surface area (Å²) in [7, 11) is 0. The van der Waals surface area contributed by atoms with Crippen molar-refractivity contribution < 1.29 is 18.7 Å². The van der Waals surface area contributed by atoms with Gasteiger partial charge in [-0.05, 0) is 73.7 Å². The second kappa shape index (κ2) is 6.87. The number of amides is 1. The molecule has 2 aromatic rings. The van der Waals surface area contributed by atoms with Crippen molar-refractivity contribution in [1.82, 2.24) is 0 Å². The third-order valence-corrected chi connectivity index (χ3v) is 4.96. The molecule has 0 fully saturated rings. The quantitative estimate of drug-likeness (QED) is 0.792. The van der Waals surface area contributed by atoms with E-state index in [0.717, 1.165) is 22.4 Å². The van der Waals surface area contributed by atoms with E-state index in [0.29, 0.717) is 17.5 Å². The summed E-state index contributed by atoms with van der Waals surface area (Å²) in [6.07, 6.45) is -0.629. The predicted molar refractivity (Wildman–Crippen MR) is 103 cm³/mol. The SMILES string of the molecule is Cc1cc(OC(C)C)ccc1-c1cc2c(cc1F)[C@H](OC(N)=O)C(C)(C)C2. The molecule has 144 valence electrons. The summed E-state index contributed by atoms with van der Waals surface area (Å²) in [5.41, 5.74) is 8.84. The van der Waals surface area contributed by atoms with Crippen LogP contribution in [0.1, 0.15) is 50.5 Å². The summed E-state index contributed by atoms with van der Waals surface area (Å²) in [6.45, 7) is 9.85. The molecule has 4 nitrogen and oxygen atoms in total. The van der Waals surface area contributed by atoms with Crippen LogP contribution in [0.3, 0.4) is 0 Å². The zero-order valence-electron chi connectivity index (χ0n) is 16.4. The van der Waals surface area contributed by atoms with Crippen LogP contribution in [-0.4, -0.2) is 12.2 Å². The molecule has 2 N–H and O–H groups in total. The van der Waals surface area contributed by atoms with Gasteiger partial charge in [-0.15, -0.1) is 0 Å². The maximum absolute atomic E-state index is 15.0. The highest BCUT2D eigenvalue weighted by molar-refractivity contribution is 5.71. The van der Waals surface area contributed by atoms with Crippen LogP contribution in [0.5, 0.6) is 5.75 Å². The summed E-state index contributed by atoms with van der Waals surface area (Å²) in [5, 5.41) is 0. The smallest absolute Gasteiger partial charge is 0.405 e. The van der Waals surface area contributed by atoms with Crippen molar-refractivity contribution in [3.63, 3.8) is 0 Å². The molecule has 0 aromatic heterocycles. The maximum atomic E-state index is 15.0. The highest BCUT2D eigenvalue weighted by Gasteiger charge is 2.42. The Balaban J connectivity index is 2.02. The van der Waals surface area contributed by atoms with E-state index in [2.05, 4.69) is 0 Å². The zero-order chi connectivity index (χ0) is 19.9. The van der Waals surface area contributed by atoms with Crippen molar-refractivity contribution >= 4 is 6.09 Å². The fourth-order valence-electron chi connectivity index (χ4n) is 3.86. The molecule has 0 spiro atoms. The van der Waals surface area contributed by atoms with Gasteiger partial charge in [-0.25, -0.2) is 9.18 Å². The monoisotopic (exact) mass is 371 g/mol. The van der Waals surface area contributed by atoms with Crippen LogP contribution in [0.2, 0.25) is 0 Å². The van der Waals surface area contributed by atoms with E-state index in [1.165, 1.54) is 6.07 Å². The largest absolute Gasteiger partial charge is 0.491 e. The third-order valence-electron chi connectivity index (χ3n) is 4.96. The molecule has 1 amide bonds. The fraction of sp³-hybridized carbons (Fsp3) is 0.409. The second-order valence-electron chi connectivity index (χ2n) is 8.16. The van der Waals surface area contributed by atoms with Crippen molar-refractivity contribution in [3.8, 4) is 16.9 Å². The number of halogens is 1. The van der Waals surface area contributed by atoms with E-state index < -0.39 is 12.2 Å². The maximum Gasteiger partial charge on any atom is 0.405 e. The van der Waals surface area contributed by atoms with Gasteiger partial charge in [-0.2, -0.15) is 0 Å². The van der Waals surface area contributed by atoms with Gasteiger partial charge in [0.2, 0.25) is 0 Å². The van der Waals surface area contributed by atoms with Crippen LogP contribution >= 0.6 is 0 Å². The first-order valence-electron chi connectivity index (χ1n) is 9.14. The minimum Gasteiger partial charge on any atom is -0.491 e. The summed E-state index contributed by atoms with van der Waals surface area (Å²) < 4.78 is 26.0. The van der Waals surface area contributed by atoms with Crippen molar-refractivity contribution in [2.24, 2.45) is 11.1 Å². The highest BCUT2D eigenvalue weighted by atomic mass is 19.1. The summed E-state index contributed by atoms with van der Waals surface area (Å²) >= 11 is 0. The van der Waals surface area contributed by atoms with Gasteiger partial charge in [-0.1, -0.05) is 19.9 Å². The normalized spacial score (nSPS) is 17.7. The van der Waals surface area contributed by atoms with Crippen molar-refractivity contribution in [2.45, 2.75) is 53.2 Å². The molecule has 3 rings (SSSR count).